The van der Waals surface area contributed by atoms with E-state index in [9.17, 15) is 4.79 Å². The molecule has 2 amide bonds. The van der Waals surface area contributed by atoms with Crippen LogP contribution in [-0.2, 0) is 13.5 Å². The summed E-state index contributed by atoms with van der Waals surface area (Å²) in [5.41, 5.74) is 1.20. The molecule has 0 spiro atoms. The molecule has 22 heavy (non-hydrogen) atoms. The minimum Gasteiger partial charge on any atom is -0.396 e. The first-order chi connectivity index (χ1) is 10.6. The molecule has 6 heteroatoms. The van der Waals surface area contributed by atoms with E-state index in [1.165, 1.54) is 5.56 Å². The number of nitrogens with zero attached hydrogens (tertiary/aromatic N) is 3. The van der Waals surface area contributed by atoms with E-state index in [0.29, 0.717) is 18.5 Å². The van der Waals surface area contributed by atoms with E-state index in [4.69, 9.17) is 5.11 Å². The number of rotatable bonds is 6. The molecule has 1 aliphatic carbocycles. The molecule has 0 unspecified atom stereocenters. The van der Waals surface area contributed by atoms with Gasteiger partial charge in [-0.05, 0) is 50.0 Å². The molecular weight excluding hydrogens is 280 g/mol. The lowest BCUT2D eigenvalue weighted by molar-refractivity contribution is 0.134. The zero-order valence-electron chi connectivity index (χ0n) is 13.7. The molecule has 1 saturated carbocycles. The molecule has 0 radical (unpaired) electrons. The zero-order valence-corrected chi connectivity index (χ0v) is 13.7. The van der Waals surface area contributed by atoms with Gasteiger partial charge in [-0.25, -0.2) is 4.79 Å². The van der Waals surface area contributed by atoms with Gasteiger partial charge in [-0.15, -0.1) is 0 Å². The van der Waals surface area contributed by atoms with Gasteiger partial charge in [0.05, 0.1) is 6.20 Å². The van der Waals surface area contributed by atoms with Crippen molar-refractivity contribution in [3.8, 4) is 0 Å². The number of carbonyl (C=O) groups excluding carboxylic acids is 1. The highest BCUT2D eigenvalue weighted by Gasteiger charge is 2.25. The average molecular weight is 308 g/mol. The smallest absolute Gasteiger partial charge is 0.317 e. The number of urea groups is 1. The summed E-state index contributed by atoms with van der Waals surface area (Å²) in [6.45, 7) is 0.959. The van der Waals surface area contributed by atoms with Gasteiger partial charge in [0.15, 0.2) is 0 Å². The van der Waals surface area contributed by atoms with Gasteiger partial charge in [0.25, 0.3) is 0 Å². The van der Waals surface area contributed by atoms with Crippen LogP contribution in [0.5, 0.6) is 0 Å². The van der Waals surface area contributed by atoms with Crippen molar-refractivity contribution in [2.24, 2.45) is 13.0 Å². The summed E-state index contributed by atoms with van der Waals surface area (Å²) >= 11 is 0. The largest absolute Gasteiger partial charge is 0.396 e. The van der Waals surface area contributed by atoms with Gasteiger partial charge in [0.1, 0.15) is 0 Å². The lowest BCUT2D eigenvalue weighted by atomic mass is 9.86. The minimum absolute atomic E-state index is 0.0126. The highest BCUT2D eigenvalue weighted by molar-refractivity contribution is 5.74. The van der Waals surface area contributed by atoms with Crippen molar-refractivity contribution in [3.63, 3.8) is 0 Å². The Labute approximate surface area is 132 Å². The summed E-state index contributed by atoms with van der Waals surface area (Å²) in [4.78, 5) is 14.0. The number of carbonyl (C=O) groups is 1. The Balaban J connectivity index is 1.64. The van der Waals surface area contributed by atoms with Crippen molar-refractivity contribution in [1.29, 1.82) is 0 Å². The Bertz CT molecular complexity index is 466. The molecule has 0 atom stereocenters. The fourth-order valence-corrected chi connectivity index (χ4v) is 3.09. The molecule has 1 aromatic rings. The molecule has 0 saturated heterocycles. The van der Waals surface area contributed by atoms with Crippen molar-refractivity contribution < 1.29 is 9.90 Å². The average Bonchev–Trinajstić information content (AvgIpc) is 2.96. The second-order valence-electron chi connectivity index (χ2n) is 6.33. The zero-order chi connectivity index (χ0) is 15.9. The van der Waals surface area contributed by atoms with Gasteiger partial charge in [0.2, 0.25) is 0 Å². The lowest BCUT2D eigenvalue weighted by Crippen LogP contribution is -2.45. The summed E-state index contributed by atoms with van der Waals surface area (Å²) in [7, 11) is 3.78. The Morgan fingerprint density at radius 2 is 2.18 bits per heavy atom. The third-order valence-electron chi connectivity index (χ3n) is 4.62. The Kier molecular flexibility index (Phi) is 6.24. The van der Waals surface area contributed by atoms with Crippen LogP contribution in [0.25, 0.3) is 0 Å². The van der Waals surface area contributed by atoms with E-state index in [0.717, 1.165) is 38.5 Å². The van der Waals surface area contributed by atoms with Crippen molar-refractivity contribution in [2.75, 3.05) is 20.2 Å². The number of amides is 2. The number of nitrogens with one attached hydrogen (secondary N) is 1. The van der Waals surface area contributed by atoms with E-state index in [-0.39, 0.29) is 12.6 Å². The lowest BCUT2D eigenvalue weighted by Gasteiger charge is -2.34. The first-order valence-electron chi connectivity index (χ1n) is 8.19. The number of aryl methyl sites for hydroxylation is 2. The first kappa shape index (κ1) is 16.8. The molecule has 0 aromatic carbocycles. The fourth-order valence-electron chi connectivity index (χ4n) is 3.09. The number of aliphatic hydroxyl groups is 1. The number of aliphatic hydroxyl groups excluding tert-OH is 1. The van der Waals surface area contributed by atoms with Crippen LogP contribution in [0, 0.1) is 5.92 Å². The summed E-state index contributed by atoms with van der Waals surface area (Å²) < 4.78 is 1.80. The second-order valence-corrected chi connectivity index (χ2v) is 6.33. The van der Waals surface area contributed by atoms with E-state index >= 15 is 0 Å². The van der Waals surface area contributed by atoms with Crippen LogP contribution < -0.4 is 5.32 Å². The van der Waals surface area contributed by atoms with Gasteiger partial charge in [0, 0.05) is 39.5 Å². The molecule has 1 fully saturated rings. The predicted molar refractivity (Wildman–Crippen MR) is 85.5 cm³/mol. The van der Waals surface area contributed by atoms with E-state index in [1.54, 1.807) is 4.68 Å². The van der Waals surface area contributed by atoms with Crippen molar-refractivity contribution >= 4 is 6.03 Å². The fraction of sp³-hybridized carbons (Fsp3) is 0.750. The molecule has 124 valence electrons. The molecule has 2 rings (SSSR count). The van der Waals surface area contributed by atoms with Crippen LogP contribution in [0.3, 0.4) is 0 Å². The van der Waals surface area contributed by atoms with Gasteiger partial charge in [-0.2, -0.15) is 5.10 Å². The van der Waals surface area contributed by atoms with Crippen molar-refractivity contribution in [1.82, 2.24) is 20.0 Å². The molecule has 1 aliphatic rings. The molecule has 0 aliphatic heterocycles. The van der Waals surface area contributed by atoms with Gasteiger partial charge in [-0.3, -0.25) is 4.68 Å². The minimum atomic E-state index is 0.0126. The first-order valence-corrected chi connectivity index (χ1v) is 8.19. The highest BCUT2D eigenvalue weighted by Crippen LogP contribution is 2.26. The quantitative estimate of drug-likeness (QED) is 0.783. The molecule has 1 aromatic heterocycles. The third kappa shape index (κ3) is 4.73. The number of aromatic nitrogens is 2. The van der Waals surface area contributed by atoms with Crippen LogP contribution in [0.15, 0.2) is 12.4 Å². The summed E-state index contributed by atoms with van der Waals surface area (Å²) in [6.07, 6.45) is 9.73. The van der Waals surface area contributed by atoms with Crippen LogP contribution >= 0.6 is 0 Å². The Morgan fingerprint density at radius 1 is 1.45 bits per heavy atom. The van der Waals surface area contributed by atoms with Gasteiger partial charge >= 0.3 is 6.03 Å². The standard InChI is InChI=1S/C16H28N4O2/c1-19-11-14(10-18-19)4-3-9-17-16(22)20(2)15-7-5-13(12-21)6-8-15/h10-11,13,15,21H,3-9,12H2,1-2H3,(H,17,22). The van der Waals surface area contributed by atoms with E-state index in [2.05, 4.69) is 10.4 Å². The molecule has 1 heterocycles. The molecular formula is C16H28N4O2. The molecule has 2 N–H and O–H groups in total. The maximum Gasteiger partial charge on any atom is 0.317 e. The number of hydrogen-bond donors (Lipinski definition) is 2. The maximum absolute atomic E-state index is 12.2. The number of hydrogen-bond acceptors (Lipinski definition) is 3. The second kappa shape index (κ2) is 8.17. The third-order valence-corrected chi connectivity index (χ3v) is 4.62. The van der Waals surface area contributed by atoms with E-state index in [1.807, 2.05) is 31.4 Å². The topological polar surface area (TPSA) is 70.4 Å². The Morgan fingerprint density at radius 3 is 2.77 bits per heavy atom. The summed E-state index contributed by atoms with van der Waals surface area (Å²) in [5, 5.41) is 16.3. The highest BCUT2D eigenvalue weighted by atomic mass is 16.3. The monoisotopic (exact) mass is 308 g/mol. The van der Waals surface area contributed by atoms with Crippen LogP contribution in [0.4, 0.5) is 4.79 Å². The predicted octanol–water partition coefficient (Wildman–Crippen LogP) is 1.55. The van der Waals surface area contributed by atoms with Crippen molar-refractivity contribution in [2.45, 2.75) is 44.6 Å². The molecule has 0 bridgehead atoms. The van der Waals surface area contributed by atoms with Crippen LogP contribution in [0.1, 0.15) is 37.7 Å². The summed E-state index contributed by atoms with van der Waals surface area (Å²) in [6, 6.07) is 0.319. The SMILES string of the molecule is CN(C(=O)NCCCc1cnn(C)c1)C1CCC(CO)CC1. The van der Waals surface area contributed by atoms with Crippen LogP contribution in [0.2, 0.25) is 0 Å². The van der Waals surface area contributed by atoms with Gasteiger partial charge in [-0.1, -0.05) is 0 Å². The Hall–Kier alpha value is -1.56. The summed E-state index contributed by atoms with van der Waals surface area (Å²) in [5.74, 6) is 0.423. The van der Waals surface area contributed by atoms with Gasteiger partial charge < -0.3 is 15.3 Å². The normalized spacial score (nSPS) is 21.6. The van der Waals surface area contributed by atoms with E-state index < -0.39 is 0 Å². The molecule has 6 nitrogen and oxygen atoms in total. The van der Waals surface area contributed by atoms with Crippen molar-refractivity contribution in [3.05, 3.63) is 18.0 Å². The maximum atomic E-state index is 12.2. The van der Waals surface area contributed by atoms with Crippen LogP contribution in [-0.4, -0.2) is 52.1 Å².